The molecule has 154 valence electrons. The van der Waals surface area contributed by atoms with Crippen molar-refractivity contribution in [1.29, 1.82) is 0 Å². The van der Waals surface area contributed by atoms with Gasteiger partial charge in [0.25, 0.3) is 0 Å². The Kier molecular flexibility index (Phi) is 5.16. The number of hydrogen-bond donors (Lipinski definition) is 0. The lowest BCUT2D eigenvalue weighted by Crippen LogP contribution is -2.06. The summed E-state index contributed by atoms with van der Waals surface area (Å²) in [5.41, 5.74) is 0.827. The zero-order chi connectivity index (χ0) is 22.1. The van der Waals surface area contributed by atoms with Crippen LogP contribution < -0.4 is 0 Å². The molecular formula is C27H17BF2O2. The van der Waals surface area contributed by atoms with Crippen molar-refractivity contribution in [2.75, 3.05) is 0 Å². The second-order valence-electron chi connectivity index (χ2n) is 7.57. The molecule has 0 radical (unpaired) electrons. The second-order valence-corrected chi connectivity index (χ2v) is 7.57. The van der Waals surface area contributed by atoms with Gasteiger partial charge < -0.3 is 4.65 Å². The van der Waals surface area contributed by atoms with Crippen molar-refractivity contribution in [2.45, 2.75) is 0 Å². The van der Waals surface area contributed by atoms with Gasteiger partial charge in [-0.15, -0.1) is 0 Å². The van der Waals surface area contributed by atoms with Crippen molar-refractivity contribution >= 4 is 51.3 Å². The molecule has 0 heterocycles. The lowest BCUT2D eigenvalue weighted by atomic mass is 9.99. The highest BCUT2D eigenvalue weighted by Gasteiger charge is 2.21. The minimum Gasteiger partial charge on any atom is -0.505 e. The maximum atomic E-state index is 13.1. The topological polar surface area (TPSA) is 26.3 Å². The van der Waals surface area contributed by atoms with Gasteiger partial charge in [0.05, 0.1) is 0 Å². The van der Waals surface area contributed by atoms with Crippen molar-refractivity contribution in [2.24, 2.45) is 0 Å². The highest BCUT2D eigenvalue weighted by atomic mass is 19.2. The summed E-state index contributed by atoms with van der Waals surface area (Å²) in [6.07, 6.45) is 1.14. The first-order chi connectivity index (χ1) is 15.6. The summed E-state index contributed by atoms with van der Waals surface area (Å²) < 4.78 is 31.0. The van der Waals surface area contributed by atoms with Crippen LogP contribution in [0, 0.1) is 0 Å². The Bertz CT molecular complexity index is 1510. The predicted octanol–water partition coefficient (Wildman–Crippen LogP) is 7.31. The lowest BCUT2D eigenvalue weighted by molar-refractivity contribution is 0.104. The molecule has 0 unspecified atom stereocenters. The molecule has 5 aromatic carbocycles. The van der Waals surface area contributed by atoms with E-state index in [1.165, 1.54) is 0 Å². The van der Waals surface area contributed by atoms with Gasteiger partial charge in [-0.05, 0) is 56.6 Å². The average molecular weight is 422 g/mol. The Labute approximate surface area is 184 Å². The van der Waals surface area contributed by atoms with Gasteiger partial charge in [-0.1, -0.05) is 72.8 Å². The summed E-state index contributed by atoms with van der Waals surface area (Å²) >= 11 is 0. The molecule has 0 aliphatic heterocycles. The van der Waals surface area contributed by atoms with E-state index >= 15 is 0 Å². The van der Waals surface area contributed by atoms with Crippen LogP contribution in [0.5, 0.6) is 0 Å². The molecular weight excluding hydrogens is 405 g/mol. The summed E-state index contributed by atoms with van der Waals surface area (Å²) in [6.45, 7) is 0. The van der Waals surface area contributed by atoms with Crippen molar-refractivity contribution in [3.63, 3.8) is 0 Å². The summed E-state index contributed by atoms with van der Waals surface area (Å²) in [7, 11) is -3.04. The van der Waals surface area contributed by atoms with Crippen LogP contribution in [0.3, 0.4) is 0 Å². The predicted molar refractivity (Wildman–Crippen MR) is 127 cm³/mol. The second kappa shape index (κ2) is 8.27. The van der Waals surface area contributed by atoms with Gasteiger partial charge in [0.2, 0.25) is 0 Å². The molecule has 0 atom stereocenters. The normalized spacial score (nSPS) is 11.8. The fourth-order valence-corrected chi connectivity index (χ4v) is 3.92. The van der Waals surface area contributed by atoms with Gasteiger partial charge in [0, 0.05) is 17.2 Å². The molecule has 5 rings (SSSR count). The smallest absolute Gasteiger partial charge is 0.505 e. The van der Waals surface area contributed by atoms with Crippen LogP contribution in [0.2, 0.25) is 0 Å². The van der Waals surface area contributed by atoms with E-state index in [1.807, 2.05) is 66.7 Å². The molecule has 0 aliphatic carbocycles. The molecule has 32 heavy (non-hydrogen) atoms. The Morgan fingerprint density at radius 3 is 1.81 bits per heavy atom. The number of rotatable bonds is 5. The number of fused-ring (bicyclic) bond motifs is 3. The minimum atomic E-state index is -3.04. The molecule has 2 nitrogen and oxygen atoms in total. The summed E-state index contributed by atoms with van der Waals surface area (Å²) in [4.78, 5) is 13.0. The molecule has 0 aromatic heterocycles. The van der Waals surface area contributed by atoms with Crippen molar-refractivity contribution in [1.82, 2.24) is 0 Å². The largest absolute Gasteiger partial charge is 0.796 e. The number of benzene rings is 5. The van der Waals surface area contributed by atoms with Gasteiger partial charge in [0.15, 0.2) is 5.78 Å². The third kappa shape index (κ3) is 3.97. The average Bonchev–Trinajstić information content (AvgIpc) is 2.81. The molecule has 5 heteroatoms. The quantitative estimate of drug-likeness (QED) is 0.0976. The van der Waals surface area contributed by atoms with Gasteiger partial charge >= 0.3 is 7.47 Å². The number of carbonyl (C=O) groups excluding carboxylic acids is 1. The van der Waals surface area contributed by atoms with E-state index in [2.05, 4.69) is 6.07 Å². The molecule has 0 fully saturated rings. The number of ketones is 1. The van der Waals surface area contributed by atoms with Crippen molar-refractivity contribution in [3.05, 3.63) is 114 Å². The number of halogens is 2. The molecule has 0 saturated heterocycles. The zero-order valence-corrected chi connectivity index (χ0v) is 17.0. The first kappa shape index (κ1) is 19.9. The van der Waals surface area contributed by atoms with E-state index in [-0.39, 0.29) is 5.76 Å². The number of carbonyl (C=O) groups is 1. The first-order valence-corrected chi connectivity index (χ1v) is 10.2. The zero-order valence-electron chi connectivity index (χ0n) is 17.0. The van der Waals surface area contributed by atoms with Crippen LogP contribution in [0.15, 0.2) is 103 Å². The van der Waals surface area contributed by atoms with Crippen LogP contribution in [0.4, 0.5) is 8.63 Å². The Morgan fingerprint density at radius 1 is 0.625 bits per heavy atom. The molecule has 0 spiro atoms. The summed E-state index contributed by atoms with van der Waals surface area (Å²) in [5.74, 6) is -0.557. The Balaban J connectivity index is 1.55. The Morgan fingerprint density at radius 2 is 1.12 bits per heavy atom. The molecule has 0 N–H and O–H groups in total. The molecule has 5 aromatic rings. The Hall–Kier alpha value is -3.99. The highest BCUT2D eigenvalue weighted by Crippen LogP contribution is 2.26. The van der Waals surface area contributed by atoms with Crippen LogP contribution in [-0.4, -0.2) is 13.3 Å². The van der Waals surface area contributed by atoms with E-state index < -0.39 is 13.3 Å². The van der Waals surface area contributed by atoms with Gasteiger partial charge in [-0.3, -0.25) is 4.79 Å². The van der Waals surface area contributed by atoms with E-state index in [0.29, 0.717) is 11.1 Å². The molecule has 0 aliphatic rings. The summed E-state index contributed by atoms with van der Waals surface area (Å²) in [6, 6.07) is 30.2. The molecule has 0 amide bonds. The maximum Gasteiger partial charge on any atom is 0.796 e. The highest BCUT2D eigenvalue weighted by molar-refractivity contribution is 6.36. The number of hydrogen-bond acceptors (Lipinski definition) is 2. The number of allylic oxidation sites excluding steroid dienone is 1. The third-order valence-electron chi connectivity index (χ3n) is 5.50. The minimum absolute atomic E-state index is 0.158. The van der Waals surface area contributed by atoms with Crippen molar-refractivity contribution < 1.29 is 18.1 Å². The maximum absolute atomic E-state index is 13.1. The van der Waals surface area contributed by atoms with Crippen LogP contribution >= 0.6 is 0 Å². The van der Waals surface area contributed by atoms with Crippen molar-refractivity contribution in [3.8, 4) is 0 Å². The summed E-state index contributed by atoms with van der Waals surface area (Å²) in [5, 5.41) is 5.94. The standard InChI is InChI=1S/C27H17BF2O2/c29-28(30)32-27(24-12-9-18-5-1-2-6-19(18)14-24)17-26(31)23-11-10-22-13-20-7-3-4-8-21(20)15-25(22)16-23/h1-17H/b27-17-. The van der Waals surface area contributed by atoms with E-state index in [4.69, 9.17) is 4.65 Å². The SMILES string of the molecule is O=C(/C=C(\OB(F)F)c1ccc2ccccc2c1)c1ccc2cc3ccccc3cc2c1. The van der Waals surface area contributed by atoms with E-state index in [0.717, 1.165) is 38.4 Å². The van der Waals surface area contributed by atoms with Crippen LogP contribution in [0.25, 0.3) is 38.1 Å². The third-order valence-corrected chi connectivity index (χ3v) is 5.50. The lowest BCUT2D eigenvalue weighted by Gasteiger charge is -2.10. The van der Waals surface area contributed by atoms with E-state index in [1.54, 1.807) is 24.3 Å². The van der Waals surface area contributed by atoms with Gasteiger partial charge in [-0.25, -0.2) is 8.63 Å². The van der Waals surface area contributed by atoms with Gasteiger partial charge in [0.1, 0.15) is 5.76 Å². The fraction of sp³-hybridized carbons (Fsp3) is 0. The molecule has 0 bridgehead atoms. The first-order valence-electron chi connectivity index (χ1n) is 10.2. The van der Waals surface area contributed by atoms with E-state index in [9.17, 15) is 13.4 Å². The fourth-order valence-electron chi connectivity index (χ4n) is 3.92. The van der Waals surface area contributed by atoms with Gasteiger partial charge in [-0.2, -0.15) is 0 Å². The van der Waals surface area contributed by atoms with Crippen LogP contribution in [0.1, 0.15) is 15.9 Å². The monoisotopic (exact) mass is 422 g/mol. The molecule has 0 saturated carbocycles. The van der Waals surface area contributed by atoms with Crippen LogP contribution in [-0.2, 0) is 4.65 Å².